The molecule has 0 aliphatic rings. The van der Waals surface area contributed by atoms with Crippen molar-refractivity contribution >= 4 is 11.8 Å². The van der Waals surface area contributed by atoms with Crippen LogP contribution in [0.4, 0.5) is 0 Å². The predicted molar refractivity (Wildman–Crippen MR) is 73.2 cm³/mol. The van der Waals surface area contributed by atoms with Gasteiger partial charge in [-0.15, -0.1) is 0 Å². The van der Waals surface area contributed by atoms with Crippen LogP contribution in [0, 0.1) is 0 Å². The molecule has 7 heteroatoms. The number of carbonyl (C=O) groups is 2. The van der Waals surface area contributed by atoms with Gasteiger partial charge >= 0.3 is 0 Å². The molecule has 1 aromatic carbocycles. The molecule has 2 rings (SSSR count). The summed E-state index contributed by atoms with van der Waals surface area (Å²) in [4.78, 5) is 23.6. The SMILES string of the molecule is COc1ccc(C(=O)NNC(=O)c2ccoc2)cc1OC. The molecule has 1 aromatic heterocycles. The third-order valence-electron chi connectivity index (χ3n) is 2.72. The van der Waals surface area contributed by atoms with Crippen molar-refractivity contribution in [3.05, 3.63) is 47.9 Å². The molecule has 2 amide bonds. The third kappa shape index (κ3) is 3.33. The fourth-order valence-electron chi connectivity index (χ4n) is 1.63. The Labute approximate surface area is 120 Å². The molecule has 110 valence electrons. The fraction of sp³-hybridized carbons (Fsp3) is 0.143. The molecule has 0 aliphatic heterocycles. The summed E-state index contributed by atoms with van der Waals surface area (Å²) < 4.78 is 15.0. The summed E-state index contributed by atoms with van der Waals surface area (Å²) in [6.45, 7) is 0. The zero-order valence-electron chi connectivity index (χ0n) is 11.5. The van der Waals surface area contributed by atoms with Crippen molar-refractivity contribution in [2.24, 2.45) is 0 Å². The molecule has 1 heterocycles. The van der Waals surface area contributed by atoms with Gasteiger partial charge in [-0.3, -0.25) is 20.4 Å². The van der Waals surface area contributed by atoms with E-state index in [9.17, 15) is 9.59 Å². The second kappa shape index (κ2) is 6.47. The smallest absolute Gasteiger partial charge is 0.272 e. The number of furan rings is 1. The van der Waals surface area contributed by atoms with Crippen molar-refractivity contribution < 1.29 is 23.5 Å². The number of hydrogen-bond donors (Lipinski definition) is 2. The Hall–Kier alpha value is -2.96. The molecule has 0 radical (unpaired) electrons. The lowest BCUT2D eigenvalue weighted by atomic mass is 10.2. The lowest BCUT2D eigenvalue weighted by Crippen LogP contribution is -2.41. The van der Waals surface area contributed by atoms with E-state index >= 15 is 0 Å². The number of hydrogen-bond acceptors (Lipinski definition) is 5. The second-order valence-corrected chi connectivity index (χ2v) is 3.99. The number of ether oxygens (including phenoxy) is 2. The Morgan fingerprint density at radius 2 is 1.62 bits per heavy atom. The molecule has 2 aromatic rings. The van der Waals surface area contributed by atoms with Gasteiger partial charge < -0.3 is 13.9 Å². The Morgan fingerprint density at radius 1 is 0.952 bits per heavy atom. The normalized spacial score (nSPS) is 9.81. The van der Waals surface area contributed by atoms with Gasteiger partial charge in [0.15, 0.2) is 11.5 Å². The van der Waals surface area contributed by atoms with Crippen LogP contribution in [0.3, 0.4) is 0 Å². The van der Waals surface area contributed by atoms with Crippen LogP contribution in [0.25, 0.3) is 0 Å². The average molecular weight is 290 g/mol. The molecular weight excluding hydrogens is 276 g/mol. The van der Waals surface area contributed by atoms with Crippen molar-refractivity contribution in [1.82, 2.24) is 10.9 Å². The Morgan fingerprint density at radius 3 is 2.19 bits per heavy atom. The van der Waals surface area contributed by atoms with E-state index < -0.39 is 11.8 Å². The minimum atomic E-state index is -0.479. The largest absolute Gasteiger partial charge is 0.493 e. The number of carbonyl (C=O) groups excluding carboxylic acids is 2. The number of nitrogens with one attached hydrogen (secondary N) is 2. The van der Waals surface area contributed by atoms with Gasteiger partial charge in [0.25, 0.3) is 11.8 Å². The maximum absolute atomic E-state index is 11.9. The highest BCUT2D eigenvalue weighted by Crippen LogP contribution is 2.27. The fourth-order valence-corrected chi connectivity index (χ4v) is 1.63. The van der Waals surface area contributed by atoms with Crippen molar-refractivity contribution in [3.63, 3.8) is 0 Å². The lowest BCUT2D eigenvalue weighted by Gasteiger charge is -2.10. The predicted octanol–water partition coefficient (Wildman–Crippen LogP) is 1.37. The summed E-state index contributed by atoms with van der Waals surface area (Å²) in [7, 11) is 2.98. The van der Waals surface area contributed by atoms with Crippen LogP contribution in [0.5, 0.6) is 11.5 Å². The molecule has 0 saturated heterocycles. The number of amides is 2. The van der Waals surface area contributed by atoms with Gasteiger partial charge in [0.2, 0.25) is 0 Å². The molecule has 0 aliphatic carbocycles. The molecule has 7 nitrogen and oxygen atoms in total. The highest BCUT2D eigenvalue weighted by Gasteiger charge is 2.12. The quantitative estimate of drug-likeness (QED) is 0.830. The van der Waals surface area contributed by atoms with E-state index in [0.29, 0.717) is 22.6 Å². The lowest BCUT2D eigenvalue weighted by molar-refractivity contribution is 0.0846. The van der Waals surface area contributed by atoms with E-state index in [1.165, 1.54) is 38.9 Å². The Bertz CT molecular complexity index is 637. The van der Waals surface area contributed by atoms with Gasteiger partial charge in [-0.1, -0.05) is 0 Å². The first kappa shape index (κ1) is 14.4. The van der Waals surface area contributed by atoms with E-state index in [1.807, 2.05) is 0 Å². The summed E-state index contributed by atoms with van der Waals surface area (Å²) in [5, 5.41) is 0. The van der Waals surface area contributed by atoms with E-state index in [1.54, 1.807) is 12.1 Å². The molecule has 0 atom stereocenters. The van der Waals surface area contributed by atoms with Gasteiger partial charge in [-0.2, -0.15) is 0 Å². The topological polar surface area (TPSA) is 89.8 Å². The summed E-state index contributed by atoms with van der Waals surface area (Å²) >= 11 is 0. The number of methoxy groups -OCH3 is 2. The van der Waals surface area contributed by atoms with Crippen molar-refractivity contribution in [3.8, 4) is 11.5 Å². The van der Waals surface area contributed by atoms with Gasteiger partial charge in [-0.05, 0) is 24.3 Å². The first-order chi connectivity index (χ1) is 10.2. The van der Waals surface area contributed by atoms with Crippen LogP contribution in [0.1, 0.15) is 20.7 Å². The highest BCUT2D eigenvalue weighted by molar-refractivity contribution is 5.99. The zero-order valence-corrected chi connectivity index (χ0v) is 11.5. The van der Waals surface area contributed by atoms with Crippen molar-refractivity contribution in [1.29, 1.82) is 0 Å². The molecule has 0 bridgehead atoms. The van der Waals surface area contributed by atoms with Gasteiger partial charge in [0.05, 0.1) is 26.0 Å². The molecule has 0 fully saturated rings. The second-order valence-electron chi connectivity index (χ2n) is 3.99. The van der Waals surface area contributed by atoms with Crippen LogP contribution in [0.15, 0.2) is 41.2 Å². The Balaban J connectivity index is 2.02. The van der Waals surface area contributed by atoms with Crippen LogP contribution in [-0.2, 0) is 0 Å². The van der Waals surface area contributed by atoms with Gasteiger partial charge in [0, 0.05) is 5.56 Å². The van der Waals surface area contributed by atoms with Crippen molar-refractivity contribution in [2.75, 3.05) is 14.2 Å². The van der Waals surface area contributed by atoms with E-state index in [0.717, 1.165) is 0 Å². The maximum Gasteiger partial charge on any atom is 0.272 e. The number of hydrazine groups is 1. The first-order valence-electron chi connectivity index (χ1n) is 6.00. The standard InChI is InChI=1S/C14H14N2O5/c1-19-11-4-3-9(7-12(11)20-2)13(17)15-16-14(18)10-5-6-21-8-10/h3-8H,1-2H3,(H,15,17)(H,16,18). The minimum absolute atomic E-state index is 0.308. The number of benzene rings is 1. The van der Waals surface area contributed by atoms with Crippen molar-refractivity contribution in [2.45, 2.75) is 0 Å². The summed E-state index contributed by atoms with van der Waals surface area (Å²) in [6, 6.07) is 6.16. The average Bonchev–Trinajstić information content (AvgIpc) is 3.06. The highest BCUT2D eigenvalue weighted by atomic mass is 16.5. The summed E-state index contributed by atoms with van der Waals surface area (Å²) in [5.74, 6) is -0.0202. The number of rotatable bonds is 4. The molecule has 0 saturated carbocycles. The molecule has 2 N–H and O–H groups in total. The Kier molecular flexibility index (Phi) is 4.45. The monoisotopic (exact) mass is 290 g/mol. The van der Waals surface area contributed by atoms with Crippen LogP contribution in [0.2, 0.25) is 0 Å². The summed E-state index contributed by atoms with van der Waals surface area (Å²) in [5.41, 5.74) is 5.21. The molecular formula is C14H14N2O5. The molecule has 21 heavy (non-hydrogen) atoms. The van der Waals surface area contributed by atoms with Crippen LogP contribution < -0.4 is 20.3 Å². The van der Waals surface area contributed by atoms with Gasteiger partial charge in [-0.25, -0.2) is 0 Å². The molecule has 0 unspecified atom stereocenters. The first-order valence-corrected chi connectivity index (χ1v) is 6.00. The van der Waals surface area contributed by atoms with E-state index in [4.69, 9.17) is 13.9 Å². The third-order valence-corrected chi connectivity index (χ3v) is 2.72. The van der Waals surface area contributed by atoms with Crippen LogP contribution >= 0.6 is 0 Å². The minimum Gasteiger partial charge on any atom is -0.493 e. The van der Waals surface area contributed by atoms with E-state index in [2.05, 4.69) is 10.9 Å². The molecule has 0 spiro atoms. The van der Waals surface area contributed by atoms with Crippen LogP contribution in [-0.4, -0.2) is 26.0 Å². The van der Waals surface area contributed by atoms with E-state index in [-0.39, 0.29) is 0 Å². The summed E-state index contributed by atoms with van der Waals surface area (Å²) in [6.07, 6.45) is 2.64. The van der Waals surface area contributed by atoms with Gasteiger partial charge in [0.1, 0.15) is 6.26 Å². The zero-order chi connectivity index (χ0) is 15.2. The maximum atomic E-state index is 11.9.